The first-order valence-corrected chi connectivity index (χ1v) is 7.95. The van der Waals surface area contributed by atoms with Crippen molar-refractivity contribution in [2.45, 2.75) is 18.4 Å². The smallest absolute Gasteiger partial charge is 0.327 e. The predicted octanol–water partition coefficient (Wildman–Crippen LogP) is 4.08. The molecule has 2 N–H and O–H groups in total. The second-order valence-corrected chi connectivity index (χ2v) is 5.85. The van der Waals surface area contributed by atoms with Gasteiger partial charge in [0.25, 0.3) is 0 Å². The third kappa shape index (κ3) is 3.55. The maximum Gasteiger partial charge on any atom is 0.347 e. The highest BCUT2D eigenvalue weighted by atomic mass is 19.3. The van der Waals surface area contributed by atoms with Crippen molar-refractivity contribution >= 4 is 11.8 Å². The molecule has 1 heterocycles. The monoisotopic (exact) mass is 378 g/mol. The van der Waals surface area contributed by atoms with Gasteiger partial charge >= 0.3 is 18.4 Å². The van der Waals surface area contributed by atoms with Gasteiger partial charge in [-0.25, -0.2) is 13.6 Å². The SMILES string of the molecule is O=C1NC(C(F)(F)C(F)F)=C(C(=O)c2ccccc2)[C@@H](c2ccccc2)N1. The molecular weight excluding hydrogens is 364 g/mol. The van der Waals surface area contributed by atoms with Crippen LogP contribution >= 0.6 is 0 Å². The van der Waals surface area contributed by atoms with Crippen LogP contribution in [0.5, 0.6) is 0 Å². The third-order valence-corrected chi connectivity index (χ3v) is 4.09. The molecular formula is C19H14F4N2O2. The fourth-order valence-corrected chi connectivity index (χ4v) is 2.82. The van der Waals surface area contributed by atoms with E-state index in [0.717, 1.165) is 0 Å². The summed E-state index contributed by atoms with van der Waals surface area (Å²) in [6.45, 7) is 0. The molecule has 0 radical (unpaired) electrons. The number of ketones is 1. The molecule has 140 valence electrons. The molecule has 1 aliphatic heterocycles. The van der Waals surface area contributed by atoms with E-state index in [1.807, 2.05) is 0 Å². The molecule has 3 rings (SSSR count). The van der Waals surface area contributed by atoms with Crippen LogP contribution in [0.3, 0.4) is 0 Å². The Morgan fingerprint density at radius 3 is 2.07 bits per heavy atom. The Morgan fingerprint density at radius 2 is 1.52 bits per heavy atom. The number of nitrogens with one attached hydrogen (secondary N) is 2. The Kier molecular flexibility index (Phi) is 4.98. The zero-order chi connectivity index (χ0) is 19.6. The number of amides is 2. The molecule has 1 aliphatic rings. The Hall–Kier alpha value is -3.16. The fourth-order valence-electron chi connectivity index (χ4n) is 2.82. The van der Waals surface area contributed by atoms with Gasteiger partial charge < -0.3 is 10.6 Å². The Bertz CT molecular complexity index is 883. The molecule has 0 unspecified atom stereocenters. The Morgan fingerprint density at radius 1 is 0.963 bits per heavy atom. The zero-order valence-corrected chi connectivity index (χ0v) is 13.8. The molecule has 0 spiro atoms. The Labute approximate surface area is 151 Å². The van der Waals surface area contributed by atoms with Crippen molar-refractivity contribution in [1.29, 1.82) is 0 Å². The number of hydrogen-bond donors (Lipinski definition) is 2. The minimum atomic E-state index is -4.70. The number of Topliss-reactive ketones (excluding diaryl/α,β-unsaturated/α-hetero) is 1. The predicted molar refractivity (Wildman–Crippen MR) is 89.6 cm³/mol. The minimum absolute atomic E-state index is 0.0361. The van der Waals surface area contributed by atoms with Crippen molar-refractivity contribution in [3.63, 3.8) is 0 Å². The van der Waals surface area contributed by atoms with Crippen LogP contribution in [0.25, 0.3) is 0 Å². The summed E-state index contributed by atoms with van der Waals surface area (Å²) in [6, 6.07) is 12.9. The highest BCUT2D eigenvalue weighted by Gasteiger charge is 2.51. The lowest BCUT2D eigenvalue weighted by Crippen LogP contribution is -2.51. The average Bonchev–Trinajstić information content (AvgIpc) is 2.68. The van der Waals surface area contributed by atoms with Gasteiger partial charge in [0, 0.05) is 5.56 Å². The molecule has 0 saturated carbocycles. The number of urea groups is 1. The second kappa shape index (κ2) is 7.22. The van der Waals surface area contributed by atoms with E-state index in [1.54, 1.807) is 29.6 Å². The lowest BCUT2D eigenvalue weighted by atomic mass is 9.88. The summed E-state index contributed by atoms with van der Waals surface area (Å²) < 4.78 is 54.5. The number of hydrogen-bond acceptors (Lipinski definition) is 2. The summed E-state index contributed by atoms with van der Waals surface area (Å²) >= 11 is 0. The summed E-state index contributed by atoms with van der Waals surface area (Å²) in [5.41, 5.74) is -1.66. The summed E-state index contributed by atoms with van der Waals surface area (Å²) in [7, 11) is 0. The van der Waals surface area contributed by atoms with E-state index in [4.69, 9.17) is 0 Å². The molecule has 2 aromatic rings. The van der Waals surface area contributed by atoms with Crippen LogP contribution in [0.1, 0.15) is 22.0 Å². The van der Waals surface area contributed by atoms with E-state index in [0.29, 0.717) is 5.56 Å². The molecule has 0 aromatic heterocycles. The van der Waals surface area contributed by atoms with Crippen LogP contribution in [0, 0.1) is 0 Å². The van der Waals surface area contributed by atoms with E-state index >= 15 is 0 Å². The van der Waals surface area contributed by atoms with Crippen LogP contribution in [-0.2, 0) is 0 Å². The van der Waals surface area contributed by atoms with Gasteiger partial charge in [0.1, 0.15) is 5.70 Å². The van der Waals surface area contributed by atoms with E-state index in [-0.39, 0.29) is 5.56 Å². The van der Waals surface area contributed by atoms with Crippen LogP contribution in [-0.4, -0.2) is 24.2 Å². The van der Waals surface area contributed by atoms with E-state index < -0.39 is 41.5 Å². The number of carbonyl (C=O) groups excluding carboxylic acids is 2. The first kappa shape index (κ1) is 18.6. The van der Waals surface area contributed by atoms with E-state index in [9.17, 15) is 27.2 Å². The maximum atomic E-state index is 14.2. The van der Waals surface area contributed by atoms with Crippen molar-refractivity contribution in [3.05, 3.63) is 83.1 Å². The van der Waals surface area contributed by atoms with Gasteiger partial charge in [-0.2, -0.15) is 8.78 Å². The van der Waals surface area contributed by atoms with Crippen molar-refractivity contribution in [2.75, 3.05) is 0 Å². The van der Waals surface area contributed by atoms with E-state index in [1.165, 1.54) is 36.4 Å². The topological polar surface area (TPSA) is 58.2 Å². The molecule has 8 heteroatoms. The van der Waals surface area contributed by atoms with Crippen molar-refractivity contribution in [3.8, 4) is 0 Å². The van der Waals surface area contributed by atoms with Crippen LogP contribution < -0.4 is 10.6 Å². The van der Waals surface area contributed by atoms with Gasteiger partial charge in [0.05, 0.1) is 11.6 Å². The number of benzene rings is 2. The standard InChI is InChI=1S/C19H14F4N2O2/c20-17(21)19(22,23)16-13(15(26)12-9-5-2-6-10-12)14(24-18(27)25-16)11-7-3-1-4-8-11/h1-10,14,17H,(H2,24,25,27)/t14-/m1/s1. The van der Waals surface area contributed by atoms with E-state index in [2.05, 4.69) is 5.32 Å². The molecule has 4 nitrogen and oxygen atoms in total. The van der Waals surface area contributed by atoms with Crippen molar-refractivity contribution < 1.29 is 27.2 Å². The van der Waals surface area contributed by atoms with Gasteiger partial charge in [-0.15, -0.1) is 0 Å². The summed E-state index contributed by atoms with van der Waals surface area (Å²) in [6.07, 6.45) is -4.10. The quantitative estimate of drug-likeness (QED) is 0.609. The van der Waals surface area contributed by atoms with Crippen LogP contribution in [0.4, 0.5) is 22.4 Å². The lowest BCUT2D eigenvalue weighted by molar-refractivity contribution is -0.103. The average molecular weight is 378 g/mol. The molecule has 2 aromatic carbocycles. The highest BCUT2D eigenvalue weighted by Crippen LogP contribution is 2.38. The maximum absolute atomic E-state index is 14.2. The minimum Gasteiger partial charge on any atom is -0.327 e. The molecule has 0 aliphatic carbocycles. The number of carbonyl (C=O) groups is 2. The molecule has 0 bridgehead atoms. The molecule has 0 saturated heterocycles. The van der Waals surface area contributed by atoms with Gasteiger partial charge in [-0.05, 0) is 5.56 Å². The van der Waals surface area contributed by atoms with Crippen LogP contribution in [0.2, 0.25) is 0 Å². The summed E-state index contributed by atoms with van der Waals surface area (Å²) in [5, 5.41) is 4.08. The highest BCUT2D eigenvalue weighted by molar-refractivity contribution is 6.11. The third-order valence-electron chi connectivity index (χ3n) is 4.09. The van der Waals surface area contributed by atoms with Gasteiger partial charge in [0.2, 0.25) is 0 Å². The lowest BCUT2D eigenvalue weighted by Gasteiger charge is -2.32. The summed E-state index contributed by atoms with van der Waals surface area (Å²) in [5.74, 6) is -5.59. The molecule has 2 amide bonds. The molecule has 1 atom stereocenters. The van der Waals surface area contributed by atoms with Gasteiger partial charge in [-0.1, -0.05) is 60.7 Å². The largest absolute Gasteiger partial charge is 0.347 e. The number of allylic oxidation sites excluding steroid dienone is 1. The van der Waals surface area contributed by atoms with Crippen molar-refractivity contribution in [2.24, 2.45) is 0 Å². The van der Waals surface area contributed by atoms with Crippen LogP contribution in [0.15, 0.2) is 71.9 Å². The zero-order valence-electron chi connectivity index (χ0n) is 13.8. The van der Waals surface area contributed by atoms with Gasteiger partial charge in [-0.3, -0.25) is 4.79 Å². The number of alkyl halides is 4. The second-order valence-electron chi connectivity index (χ2n) is 5.85. The molecule has 27 heavy (non-hydrogen) atoms. The first-order valence-electron chi connectivity index (χ1n) is 7.95. The number of halogens is 4. The first-order chi connectivity index (χ1) is 12.8. The summed E-state index contributed by atoms with van der Waals surface area (Å²) in [4.78, 5) is 24.8. The normalized spacial score (nSPS) is 17.5. The fraction of sp³-hybridized carbons (Fsp3) is 0.158. The Balaban J connectivity index is 2.24. The van der Waals surface area contributed by atoms with Gasteiger partial charge in [0.15, 0.2) is 5.78 Å². The van der Waals surface area contributed by atoms with Crippen molar-refractivity contribution in [1.82, 2.24) is 10.6 Å². The number of rotatable bonds is 5. The molecule has 0 fully saturated rings.